The van der Waals surface area contributed by atoms with Crippen molar-refractivity contribution in [1.29, 1.82) is 0 Å². The maximum absolute atomic E-state index is 11.8. The van der Waals surface area contributed by atoms with E-state index in [0.29, 0.717) is 29.6 Å². The van der Waals surface area contributed by atoms with E-state index in [1.807, 2.05) is 0 Å². The summed E-state index contributed by atoms with van der Waals surface area (Å²) in [4.78, 5) is 23.5. The summed E-state index contributed by atoms with van der Waals surface area (Å²) in [6.07, 6.45) is 0.993. The summed E-state index contributed by atoms with van der Waals surface area (Å²) in [5.41, 5.74) is 1.90. The highest BCUT2D eigenvalue weighted by atomic mass is 16.5. The lowest BCUT2D eigenvalue weighted by Gasteiger charge is -2.18. The summed E-state index contributed by atoms with van der Waals surface area (Å²) in [6.45, 7) is 5.02. The maximum atomic E-state index is 11.8. The van der Waals surface area contributed by atoms with Gasteiger partial charge in [0.2, 0.25) is 0 Å². The second-order valence-corrected chi connectivity index (χ2v) is 5.15. The Morgan fingerprint density at radius 3 is 2.75 bits per heavy atom. The lowest BCUT2D eigenvalue weighted by atomic mass is 9.91. The second kappa shape index (κ2) is 5.73. The van der Waals surface area contributed by atoms with Gasteiger partial charge in [0.25, 0.3) is 0 Å². The van der Waals surface area contributed by atoms with Crippen molar-refractivity contribution in [3.8, 4) is 0 Å². The van der Waals surface area contributed by atoms with E-state index in [0.717, 1.165) is 0 Å². The van der Waals surface area contributed by atoms with E-state index >= 15 is 0 Å². The number of carbonyl (C=O) groups is 2. The zero-order valence-corrected chi connectivity index (χ0v) is 11.4. The van der Waals surface area contributed by atoms with Crippen LogP contribution in [0.3, 0.4) is 0 Å². The van der Waals surface area contributed by atoms with Crippen molar-refractivity contribution in [3.05, 3.63) is 34.9 Å². The molecule has 2 rings (SSSR count). The van der Waals surface area contributed by atoms with E-state index in [4.69, 9.17) is 4.74 Å². The van der Waals surface area contributed by atoms with E-state index in [-0.39, 0.29) is 24.4 Å². The van der Waals surface area contributed by atoms with Crippen LogP contribution in [0.4, 0.5) is 0 Å². The van der Waals surface area contributed by atoms with Gasteiger partial charge in [-0.1, -0.05) is 6.58 Å². The molecule has 2 atom stereocenters. The standard InChI is InChI=1S/C15H18O5/c1-8-3-4-10-11(7-16)15(19)20-14(10)5-9(2)13(18)6-12(8)17/h5,13-14,16,18H,1,3-4,6-7H2,2H3/b9-5+/t13-,14+/m0/s1. The molecule has 0 saturated carbocycles. The van der Waals surface area contributed by atoms with Crippen LogP contribution < -0.4 is 0 Å². The van der Waals surface area contributed by atoms with Gasteiger partial charge < -0.3 is 14.9 Å². The number of carbonyl (C=O) groups excluding carboxylic acids is 2. The Kier molecular flexibility index (Phi) is 4.20. The van der Waals surface area contributed by atoms with E-state index in [1.54, 1.807) is 13.0 Å². The first-order chi connectivity index (χ1) is 9.43. The van der Waals surface area contributed by atoms with Crippen LogP contribution in [0.25, 0.3) is 0 Å². The highest BCUT2D eigenvalue weighted by Crippen LogP contribution is 2.31. The molecular formula is C15H18O5. The minimum Gasteiger partial charge on any atom is -0.450 e. The molecule has 2 N–H and O–H groups in total. The van der Waals surface area contributed by atoms with Crippen LogP contribution in [0.15, 0.2) is 34.9 Å². The number of ketones is 1. The SMILES string of the molecule is C=C1CCC2=C(CO)C(=O)O[C@@H]2/C=C(\C)[C@@H](O)CC1=O. The number of Topliss-reactive ketones (excluding diaryl/α,β-unsaturated/α-hetero) is 1. The van der Waals surface area contributed by atoms with Crippen LogP contribution in [-0.2, 0) is 14.3 Å². The Morgan fingerprint density at radius 2 is 2.10 bits per heavy atom. The van der Waals surface area contributed by atoms with Crippen molar-refractivity contribution in [1.82, 2.24) is 0 Å². The molecule has 1 aliphatic heterocycles. The zero-order chi connectivity index (χ0) is 14.9. The van der Waals surface area contributed by atoms with Crippen LogP contribution in [0.5, 0.6) is 0 Å². The Balaban J connectivity index is 2.41. The van der Waals surface area contributed by atoms with E-state index in [2.05, 4.69) is 6.58 Å². The molecule has 0 amide bonds. The van der Waals surface area contributed by atoms with Gasteiger partial charge in [-0.25, -0.2) is 4.79 Å². The van der Waals surface area contributed by atoms with Crippen LogP contribution in [-0.4, -0.2) is 40.8 Å². The molecule has 0 spiro atoms. The molecular weight excluding hydrogens is 260 g/mol. The van der Waals surface area contributed by atoms with Crippen molar-refractivity contribution in [2.45, 2.75) is 38.4 Å². The molecule has 108 valence electrons. The van der Waals surface area contributed by atoms with Gasteiger partial charge in [-0.3, -0.25) is 4.79 Å². The third kappa shape index (κ3) is 2.73. The Hall–Kier alpha value is -1.72. The van der Waals surface area contributed by atoms with Gasteiger partial charge in [0.15, 0.2) is 5.78 Å². The fourth-order valence-electron chi connectivity index (χ4n) is 2.41. The van der Waals surface area contributed by atoms with Crippen LogP contribution in [0.1, 0.15) is 26.2 Å². The molecule has 0 aromatic carbocycles. The summed E-state index contributed by atoms with van der Waals surface area (Å²) in [5.74, 6) is -0.720. The number of fused-ring (bicyclic) bond motifs is 1. The number of hydrogen-bond donors (Lipinski definition) is 2. The molecule has 0 aromatic heterocycles. The molecule has 0 saturated heterocycles. The predicted molar refractivity (Wildman–Crippen MR) is 71.8 cm³/mol. The lowest BCUT2D eigenvalue weighted by molar-refractivity contribution is -0.138. The van der Waals surface area contributed by atoms with Gasteiger partial charge in [-0.05, 0) is 42.6 Å². The van der Waals surface area contributed by atoms with Crippen LogP contribution >= 0.6 is 0 Å². The molecule has 0 radical (unpaired) electrons. The quantitative estimate of drug-likeness (QED) is 0.421. The van der Waals surface area contributed by atoms with Gasteiger partial charge in [-0.2, -0.15) is 0 Å². The molecule has 2 aliphatic rings. The number of ether oxygens (including phenoxy) is 1. The topological polar surface area (TPSA) is 83.8 Å². The number of hydrogen-bond acceptors (Lipinski definition) is 5. The number of esters is 1. The first-order valence-corrected chi connectivity index (χ1v) is 6.55. The van der Waals surface area contributed by atoms with Gasteiger partial charge in [0.05, 0.1) is 18.3 Å². The third-order valence-electron chi connectivity index (χ3n) is 3.78. The molecule has 0 unspecified atom stereocenters. The van der Waals surface area contributed by atoms with Crippen molar-refractivity contribution < 1.29 is 24.5 Å². The van der Waals surface area contributed by atoms with Gasteiger partial charge in [0.1, 0.15) is 6.10 Å². The molecule has 20 heavy (non-hydrogen) atoms. The predicted octanol–water partition coefficient (Wildman–Crippen LogP) is 0.817. The average Bonchev–Trinajstić information content (AvgIpc) is 2.69. The fraction of sp³-hybridized carbons (Fsp3) is 0.467. The number of rotatable bonds is 1. The fourth-order valence-corrected chi connectivity index (χ4v) is 2.41. The number of allylic oxidation sites excluding steroid dienone is 1. The van der Waals surface area contributed by atoms with E-state index in [9.17, 15) is 19.8 Å². The van der Waals surface area contributed by atoms with Crippen molar-refractivity contribution in [3.63, 3.8) is 0 Å². The van der Waals surface area contributed by atoms with E-state index < -0.39 is 18.2 Å². The average molecular weight is 278 g/mol. The maximum Gasteiger partial charge on any atom is 0.337 e. The molecule has 1 aliphatic carbocycles. The highest BCUT2D eigenvalue weighted by molar-refractivity contribution is 5.96. The van der Waals surface area contributed by atoms with Gasteiger partial charge in [0, 0.05) is 6.42 Å². The smallest absolute Gasteiger partial charge is 0.337 e. The largest absolute Gasteiger partial charge is 0.450 e. The molecule has 0 aromatic rings. The van der Waals surface area contributed by atoms with Gasteiger partial charge in [-0.15, -0.1) is 0 Å². The van der Waals surface area contributed by atoms with Crippen LogP contribution in [0, 0.1) is 0 Å². The summed E-state index contributed by atoms with van der Waals surface area (Å²) in [7, 11) is 0. The number of aliphatic hydroxyl groups excluding tert-OH is 2. The molecule has 0 fully saturated rings. The number of aliphatic hydroxyl groups is 2. The van der Waals surface area contributed by atoms with Crippen molar-refractivity contribution >= 4 is 11.8 Å². The summed E-state index contributed by atoms with van der Waals surface area (Å²) >= 11 is 0. The minimum absolute atomic E-state index is 0.00621. The molecule has 5 heteroatoms. The monoisotopic (exact) mass is 278 g/mol. The summed E-state index contributed by atoms with van der Waals surface area (Å²) in [5, 5.41) is 19.2. The Morgan fingerprint density at radius 1 is 1.40 bits per heavy atom. The normalized spacial score (nSPS) is 30.8. The zero-order valence-electron chi connectivity index (χ0n) is 11.4. The van der Waals surface area contributed by atoms with Crippen LogP contribution in [0.2, 0.25) is 0 Å². The molecule has 1 heterocycles. The first-order valence-electron chi connectivity index (χ1n) is 6.55. The molecule has 0 bridgehead atoms. The third-order valence-corrected chi connectivity index (χ3v) is 3.78. The second-order valence-electron chi connectivity index (χ2n) is 5.15. The lowest BCUT2D eigenvalue weighted by Crippen LogP contribution is -2.20. The van der Waals surface area contributed by atoms with Crippen molar-refractivity contribution in [2.75, 3.05) is 6.61 Å². The Labute approximate surface area is 117 Å². The van der Waals surface area contributed by atoms with E-state index in [1.165, 1.54) is 0 Å². The first kappa shape index (κ1) is 14.7. The van der Waals surface area contributed by atoms with Crippen molar-refractivity contribution in [2.24, 2.45) is 0 Å². The minimum atomic E-state index is -0.907. The summed E-state index contributed by atoms with van der Waals surface area (Å²) in [6, 6.07) is 0. The highest BCUT2D eigenvalue weighted by Gasteiger charge is 2.33. The Bertz CT molecular complexity index is 526. The molecule has 5 nitrogen and oxygen atoms in total. The van der Waals surface area contributed by atoms with Gasteiger partial charge >= 0.3 is 5.97 Å². The summed E-state index contributed by atoms with van der Waals surface area (Å²) < 4.78 is 5.21.